The van der Waals surface area contributed by atoms with Gasteiger partial charge in [0, 0.05) is 20.1 Å². The standard InChI is InChI=1S/C16H12Br2N2O/c1-9-8-10(17)6-7-11(9)15-14(16(19)21-20-15)12-4-2-3-5-13(12)18/h2-8H,19H2,1H3. The normalized spacial score (nSPS) is 10.8. The molecule has 2 N–H and O–H groups in total. The van der Waals surface area contributed by atoms with Crippen molar-refractivity contribution in [1.82, 2.24) is 5.16 Å². The molecule has 0 aliphatic carbocycles. The maximum atomic E-state index is 6.00. The lowest BCUT2D eigenvalue weighted by atomic mass is 9.98. The van der Waals surface area contributed by atoms with Gasteiger partial charge in [-0.1, -0.05) is 61.3 Å². The predicted octanol–water partition coefficient (Wildman–Crippen LogP) is 5.42. The van der Waals surface area contributed by atoms with Crippen LogP contribution in [-0.4, -0.2) is 5.16 Å². The molecule has 21 heavy (non-hydrogen) atoms. The molecular formula is C16H12Br2N2O. The van der Waals surface area contributed by atoms with Crippen LogP contribution in [0.3, 0.4) is 0 Å². The van der Waals surface area contributed by atoms with Crippen LogP contribution in [0.1, 0.15) is 5.56 Å². The van der Waals surface area contributed by atoms with E-state index in [1.54, 1.807) is 0 Å². The van der Waals surface area contributed by atoms with E-state index in [9.17, 15) is 0 Å². The molecule has 0 amide bonds. The van der Waals surface area contributed by atoms with Crippen molar-refractivity contribution in [2.75, 3.05) is 5.73 Å². The van der Waals surface area contributed by atoms with Crippen molar-refractivity contribution < 1.29 is 4.52 Å². The molecule has 0 spiro atoms. The van der Waals surface area contributed by atoms with Crippen LogP contribution in [0, 0.1) is 6.92 Å². The minimum Gasteiger partial charge on any atom is -0.367 e. The fourth-order valence-corrected chi connectivity index (χ4v) is 3.26. The van der Waals surface area contributed by atoms with Crippen molar-refractivity contribution >= 4 is 37.7 Å². The number of aromatic nitrogens is 1. The zero-order valence-corrected chi connectivity index (χ0v) is 14.4. The number of halogens is 2. The molecule has 3 aromatic rings. The number of rotatable bonds is 2. The van der Waals surface area contributed by atoms with Crippen LogP contribution in [0.25, 0.3) is 22.4 Å². The highest BCUT2D eigenvalue weighted by Crippen LogP contribution is 2.40. The Morgan fingerprint density at radius 1 is 1.05 bits per heavy atom. The summed E-state index contributed by atoms with van der Waals surface area (Å²) in [6.45, 7) is 2.04. The summed E-state index contributed by atoms with van der Waals surface area (Å²) in [5.74, 6) is 0.319. The molecular weight excluding hydrogens is 396 g/mol. The average Bonchev–Trinajstić information content (AvgIpc) is 2.81. The van der Waals surface area contributed by atoms with Gasteiger partial charge in [-0.3, -0.25) is 0 Å². The third kappa shape index (κ3) is 2.63. The second-order valence-corrected chi connectivity index (χ2v) is 6.48. The molecule has 0 saturated carbocycles. The van der Waals surface area contributed by atoms with Crippen molar-refractivity contribution in [1.29, 1.82) is 0 Å². The monoisotopic (exact) mass is 406 g/mol. The van der Waals surface area contributed by atoms with E-state index in [-0.39, 0.29) is 0 Å². The molecule has 0 atom stereocenters. The van der Waals surface area contributed by atoms with Gasteiger partial charge in [0.15, 0.2) is 0 Å². The quantitative estimate of drug-likeness (QED) is 0.616. The number of benzene rings is 2. The zero-order valence-electron chi connectivity index (χ0n) is 11.2. The molecule has 1 heterocycles. The molecule has 0 radical (unpaired) electrons. The van der Waals surface area contributed by atoms with Crippen molar-refractivity contribution in [3.05, 3.63) is 57.0 Å². The smallest absolute Gasteiger partial charge is 0.230 e. The molecule has 0 aliphatic heterocycles. The van der Waals surface area contributed by atoms with Crippen molar-refractivity contribution in [2.45, 2.75) is 6.92 Å². The molecule has 5 heteroatoms. The van der Waals surface area contributed by atoms with E-state index in [2.05, 4.69) is 37.0 Å². The Hall–Kier alpha value is -1.59. The van der Waals surface area contributed by atoms with Gasteiger partial charge in [-0.05, 0) is 30.7 Å². The van der Waals surface area contributed by atoms with E-state index in [0.717, 1.165) is 36.9 Å². The summed E-state index contributed by atoms with van der Waals surface area (Å²) in [6, 6.07) is 13.9. The Balaban J connectivity index is 2.25. The summed E-state index contributed by atoms with van der Waals surface area (Å²) in [5, 5.41) is 4.16. The Morgan fingerprint density at radius 3 is 2.52 bits per heavy atom. The largest absolute Gasteiger partial charge is 0.367 e. The Labute approximate surface area is 139 Å². The number of nitrogens with two attached hydrogens (primary N) is 1. The van der Waals surface area contributed by atoms with E-state index in [0.29, 0.717) is 5.88 Å². The van der Waals surface area contributed by atoms with Crippen molar-refractivity contribution in [3.8, 4) is 22.4 Å². The number of hydrogen-bond acceptors (Lipinski definition) is 3. The first kappa shape index (κ1) is 14.4. The van der Waals surface area contributed by atoms with E-state index < -0.39 is 0 Å². The first-order valence-electron chi connectivity index (χ1n) is 6.34. The van der Waals surface area contributed by atoms with Gasteiger partial charge < -0.3 is 10.3 Å². The number of aryl methyl sites for hydroxylation is 1. The molecule has 0 aliphatic rings. The topological polar surface area (TPSA) is 52.0 Å². The third-order valence-electron chi connectivity index (χ3n) is 3.31. The SMILES string of the molecule is Cc1cc(Br)ccc1-c1noc(N)c1-c1ccccc1Br. The van der Waals surface area contributed by atoms with Crippen LogP contribution in [0.2, 0.25) is 0 Å². The second-order valence-electron chi connectivity index (χ2n) is 4.71. The number of nitrogen functional groups attached to an aromatic ring is 1. The van der Waals surface area contributed by atoms with Gasteiger partial charge in [0.1, 0.15) is 5.69 Å². The maximum Gasteiger partial charge on any atom is 0.230 e. The summed E-state index contributed by atoms with van der Waals surface area (Å²) < 4.78 is 7.22. The number of anilines is 1. The molecule has 3 nitrogen and oxygen atoms in total. The highest BCUT2D eigenvalue weighted by Gasteiger charge is 2.20. The molecule has 0 bridgehead atoms. The molecule has 0 saturated heterocycles. The van der Waals surface area contributed by atoms with Gasteiger partial charge >= 0.3 is 0 Å². The molecule has 3 rings (SSSR count). The predicted molar refractivity (Wildman–Crippen MR) is 91.9 cm³/mol. The van der Waals surface area contributed by atoms with Crippen LogP contribution >= 0.6 is 31.9 Å². The maximum absolute atomic E-state index is 6.00. The van der Waals surface area contributed by atoms with Gasteiger partial charge in [-0.15, -0.1) is 0 Å². The Bertz CT molecular complexity index is 812. The van der Waals surface area contributed by atoms with Crippen LogP contribution in [-0.2, 0) is 0 Å². The minimum atomic E-state index is 0.319. The van der Waals surface area contributed by atoms with E-state index >= 15 is 0 Å². The Kier molecular flexibility index (Phi) is 3.87. The van der Waals surface area contributed by atoms with E-state index in [1.165, 1.54) is 0 Å². The first-order chi connectivity index (χ1) is 10.1. The Morgan fingerprint density at radius 2 is 1.81 bits per heavy atom. The fraction of sp³-hybridized carbons (Fsp3) is 0.0625. The molecule has 106 valence electrons. The van der Waals surface area contributed by atoms with Crippen LogP contribution in [0.4, 0.5) is 5.88 Å². The second kappa shape index (κ2) is 5.66. The van der Waals surface area contributed by atoms with Gasteiger partial charge in [-0.2, -0.15) is 0 Å². The van der Waals surface area contributed by atoms with Crippen molar-refractivity contribution in [3.63, 3.8) is 0 Å². The van der Waals surface area contributed by atoms with E-state index in [1.807, 2.05) is 49.4 Å². The minimum absolute atomic E-state index is 0.319. The van der Waals surface area contributed by atoms with Crippen LogP contribution in [0.5, 0.6) is 0 Å². The lowest BCUT2D eigenvalue weighted by Gasteiger charge is -2.07. The number of hydrogen-bond donors (Lipinski definition) is 1. The molecule has 0 unspecified atom stereocenters. The van der Waals surface area contributed by atoms with E-state index in [4.69, 9.17) is 10.3 Å². The fourth-order valence-electron chi connectivity index (χ4n) is 2.30. The molecule has 0 fully saturated rings. The first-order valence-corrected chi connectivity index (χ1v) is 7.93. The molecule has 1 aromatic heterocycles. The summed E-state index contributed by atoms with van der Waals surface area (Å²) in [6.07, 6.45) is 0. The van der Waals surface area contributed by atoms with Gasteiger partial charge in [0.25, 0.3) is 0 Å². The number of nitrogens with zero attached hydrogens (tertiary/aromatic N) is 1. The highest BCUT2D eigenvalue weighted by molar-refractivity contribution is 9.10. The van der Waals surface area contributed by atoms with Crippen LogP contribution in [0.15, 0.2) is 55.9 Å². The summed E-state index contributed by atoms with van der Waals surface area (Å²) in [7, 11) is 0. The zero-order chi connectivity index (χ0) is 15.0. The van der Waals surface area contributed by atoms with Crippen LogP contribution < -0.4 is 5.73 Å². The van der Waals surface area contributed by atoms with Gasteiger partial charge in [0.05, 0.1) is 5.56 Å². The van der Waals surface area contributed by atoms with Gasteiger partial charge in [0.2, 0.25) is 5.88 Å². The van der Waals surface area contributed by atoms with Gasteiger partial charge in [-0.25, -0.2) is 0 Å². The highest BCUT2D eigenvalue weighted by atomic mass is 79.9. The average molecular weight is 408 g/mol. The third-order valence-corrected chi connectivity index (χ3v) is 4.49. The summed E-state index contributed by atoms with van der Waals surface area (Å²) >= 11 is 7.03. The summed E-state index contributed by atoms with van der Waals surface area (Å²) in [5.41, 5.74) is 10.6. The van der Waals surface area contributed by atoms with Crippen molar-refractivity contribution in [2.24, 2.45) is 0 Å². The summed E-state index contributed by atoms with van der Waals surface area (Å²) in [4.78, 5) is 0. The lowest BCUT2D eigenvalue weighted by Crippen LogP contribution is -1.90. The molecule has 2 aromatic carbocycles. The lowest BCUT2D eigenvalue weighted by molar-refractivity contribution is 0.439.